The minimum Gasteiger partial charge on any atom is -0.486 e. The molecule has 2 N–H and O–H groups in total. The van der Waals surface area contributed by atoms with E-state index in [9.17, 15) is 0 Å². The van der Waals surface area contributed by atoms with E-state index in [-0.39, 0.29) is 0 Å². The van der Waals surface area contributed by atoms with Crippen LogP contribution in [-0.4, -0.2) is 19.8 Å². The molecule has 1 aromatic carbocycles. The Balaban J connectivity index is 1.76. The fourth-order valence-electron chi connectivity index (χ4n) is 1.73. The van der Waals surface area contributed by atoms with Crippen LogP contribution in [0.4, 0.5) is 5.69 Å². The molecule has 19 heavy (non-hydrogen) atoms. The van der Waals surface area contributed by atoms with E-state index in [1.54, 1.807) is 10.6 Å². The monoisotopic (exact) mass is 275 g/mol. The van der Waals surface area contributed by atoms with E-state index < -0.39 is 0 Å². The van der Waals surface area contributed by atoms with Gasteiger partial charge in [0.2, 0.25) is 4.96 Å². The van der Waals surface area contributed by atoms with Crippen LogP contribution in [0.2, 0.25) is 0 Å². The van der Waals surface area contributed by atoms with Gasteiger partial charge in [0.15, 0.2) is 10.8 Å². The Kier molecular flexibility index (Phi) is 3.04. The maximum Gasteiger partial charge on any atom is 0.234 e. The summed E-state index contributed by atoms with van der Waals surface area (Å²) in [6.45, 7) is 2.43. The SMILES string of the molecule is CCc1nnc2sc(COc3cccc(N)c3)nn12. The number of nitrogen functional groups attached to an aromatic ring is 1. The highest BCUT2D eigenvalue weighted by atomic mass is 32.1. The zero-order chi connectivity index (χ0) is 13.2. The first-order valence-electron chi connectivity index (χ1n) is 5.94. The van der Waals surface area contributed by atoms with Gasteiger partial charge in [-0.15, -0.1) is 10.2 Å². The van der Waals surface area contributed by atoms with Crippen molar-refractivity contribution in [2.45, 2.75) is 20.0 Å². The number of aromatic nitrogens is 4. The summed E-state index contributed by atoms with van der Waals surface area (Å²) in [5.74, 6) is 1.60. The summed E-state index contributed by atoms with van der Waals surface area (Å²) in [6, 6.07) is 7.34. The van der Waals surface area contributed by atoms with Crippen LogP contribution in [0.25, 0.3) is 4.96 Å². The third-order valence-electron chi connectivity index (χ3n) is 2.63. The summed E-state index contributed by atoms with van der Waals surface area (Å²) in [6.07, 6.45) is 0.806. The van der Waals surface area contributed by atoms with Crippen LogP contribution in [0.1, 0.15) is 17.8 Å². The number of anilines is 1. The van der Waals surface area contributed by atoms with Crippen molar-refractivity contribution >= 4 is 22.0 Å². The molecule has 6 nitrogen and oxygen atoms in total. The lowest BCUT2D eigenvalue weighted by Gasteiger charge is -2.03. The molecule has 0 bridgehead atoms. The van der Waals surface area contributed by atoms with Gasteiger partial charge in [0, 0.05) is 18.2 Å². The number of rotatable bonds is 4. The van der Waals surface area contributed by atoms with Crippen LogP contribution in [0.3, 0.4) is 0 Å². The highest BCUT2D eigenvalue weighted by Gasteiger charge is 2.10. The maximum atomic E-state index is 5.69. The molecule has 3 rings (SSSR count). The molecule has 0 spiro atoms. The summed E-state index contributed by atoms with van der Waals surface area (Å²) < 4.78 is 7.42. The molecule has 2 aromatic heterocycles. The van der Waals surface area contributed by atoms with Gasteiger partial charge in [-0.1, -0.05) is 24.3 Å². The van der Waals surface area contributed by atoms with Crippen LogP contribution in [0.5, 0.6) is 5.75 Å². The van der Waals surface area contributed by atoms with Gasteiger partial charge >= 0.3 is 0 Å². The minimum absolute atomic E-state index is 0.403. The quantitative estimate of drug-likeness (QED) is 0.736. The van der Waals surface area contributed by atoms with Crippen molar-refractivity contribution in [3.63, 3.8) is 0 Å². The van der Waals surface area contributed by atoms with Gasteiger partial charge in [-0.05, 0) is 12.1 Å². The van der Waals surface area contributed by atoms with E-state index in [1.807, 2.05) is 25.1 Å². The van der Waals surface area contributed by atoms with Crippen LogP contribution in [0, 0.1) is 0 Å². The van der Waals surface area contributed by atoms with Crippen molar-refractivity contribution < 1.29 is 4.74 Å². The molecule has 0 aliphatic heterocycles. The molecule has 0 aliphatic rings. The van der Waals surface area contributed by atoms with E-state index in [4.69, 9.17) is 10.5 Å². The molecule has 98 valence electrons. The molecule has 0 radical (unpaired) electrons. The summed E-state index contributed by atoms with van der Waals surface area (Å²) in [4.78, 5) is 0.794. The molecular weight excluding hydrogens is 262 g/mol. The van der Waals surface area contributed by atoms with Crippen molar-refractivity contribution in [1.82, 2.24) is 19.8 Å². The molecule has 3 aromatic rings. The van der Waals surface area contributed by atoms with Gasteiger partial charge < -0.3 is 10.5 Å². The smallest absolute Gasteiger partial charge is 0.234 e. The summed E-state index contributed by atoms with van der Waals surface area (Å²) in [7, 11) is 0. The number of nitrogens with two attached hydrogens (primary N) is 1. The lowest BCUT2D eigenvalue weighted by Crippen LogP contribution is -1.99. The van der Waals surface area contributed by atoms with Crippen molar-refractivity contribution in [3.8, 4) is 5.75 Å². The number of hydrogen-bond acceptors (Lipinski definition) is 6. The van der Waals surface area contributed by atoms with Crippen LogP contribution in [0.15, 0.2) is 24.3 Å². The predicted molar refractivity (Wildman–Crippen MR) is 73.2 cm³/mol. The lowest BCUT2D eigenvalue weighted by atomic mass is 10.3. The van der Waals surface area contributed by atoms with Gasteiger partial charge in [-0.25, -0.2) is 0 Å². The van der Waals surface area contributed by atoms with Crippen molar-refractivity contribution in [2.75, 3.05) is 5.73 Å². The second kappa shape index (κ2) is 4.85. The number of nitrogens with zero attached hydrogens (tertiary/aromatic N) is 4. The molecule has 0 aliphatic carbocycles. The first-order valence-corrected chi connectivity index (χ1v) is 6.76. The number of benzene rings is 1. The van der Waals surface area contributed by atoms with Crippen LogP contribution < -0.4 is 10.5 Å². The highest BCUT2D eigenvalue weighted by molar-refractivity contribution is 7.16. The number of aryl methyl sites for hydroxylation is 1. The van der Waals surface area contributed by atoms with E-state index in [0.717, 1.165) is 28.0 Å². The zero-order valence-corrected chi connectivity index (χ0v) is 11.2. The molecule has 0 saturated carbocycles. The Labute approximate surface area is 113 Å². The Morgan fingerprint density at radius 3 is 3.05 bits per heavy atom. The maximum absolute atomic E-state index is 5.69. The Morgan fingerprint density at radius 2 is 2.26 bits per heavy atom. The largest absolute Gasteiger partial charge is 0.486 e. The average Bonchev–Trinajstić information content (AvgIpc) is 2.95. The third kappa shape index (κ3) is 2.37. The molecular formula is C12H13N5OS. The van der Waals surface area contributed by atoms with Crippen molar-refractivity contribution in [1.29, 1.82) is 0 Å². The van der Waals surface area contributed by atoms with Gasteiger partial charge in [0.25, 0.3) is 0 Å². The van der Waals surface area contributed by atoms with Gasteiger partial charge in [0.1, 0.15) is 12.4 Å². The Bertz CT molecular complexity index is 705. The van der Waals surface area contributed by atoms with Gasteiger partial charge in [0.05, 0.1) is 0 Å². The fraction of sp³-hybridized carbons (Fsp3) is 0.250. The summed E-state index contributed by atoms with van der Waals surface area (Å²) >= 11 is 1.48. The second-order valence-electron chi connectivity index (χ2n) is 4.02. The van der Waals surface area contributed by atoms with E-state index >= 15 is 0 Å². The average molecular weight is 275 g/mol. The number of fused-ring (bicyclic) bond motifs is 1. The van der Waals surface area contributed by atoms with Crippen LogP contribution >= 0.6 is 11.3 Å². The van der Waals surface area contributed by atoms with E-state index in [1.165, 1.54) is 11.3 Å². The summed E-state index contributed by atoms with van der Waals surface area (Å²) in [5, 5.41) is 13.4. The first-order chi connectivity index (χ1) is 9.26. The number of hydrogen-bond donors (Lipinski definition) is 1. The van der Waals surface area contributed by atoms with E-state index in [2.05, 4.69) is 15.3 Å². The van der Waals surface area contributed by atoms with Crippen molar-refractivity contribution in [2.24, 2.45) is 0 Å². The standard InChI is InChI=1S/C12H13N5OS/c1-2-10-14-15-12-17(10)16-11(19-12)7-18-9-5-3-4-8(13)6-9/h3-6H,2,7,13H2,1H3. The molecule has 0 atom stereocenters. The number of ether oxygens (including phenoxy) is 1. The topological polar surface area (TPSA) is 78.3 Å². The predicted octanol–water partition coefficient (Wildman–Crippen LogP) is 1.91. The van der Waals surface area contributed by atoms with Gasteiger partial charge in [-0.3, -0.25) is 0 Å². The van der Waals surface area contributed by atoms with E-state index in [0.29, 0.717) is 12.3 Å². The first kappa shape index (κ1) is 11.9. The Morgan fingerprint density at radius 1 is 1.37 bits per heavy atom. The molecule has 7 heteroatoms. The molecule has 0 amide bonds. The zero-order valence-electron chi connectivity index (χ0n) is 10.4. The minimum atomic E-state index is 0.403. The molecule has 0 saturated heterocycles. The molecule has 0 fully saturated rings. The second-order valence-corrected chi connectivity index (χ2v) is 5.06. The fourth-order valence-corrected chi connectivity index (χ4v) is 2.49. The van der Waals surface area contributed by atoms with Crippen molar-refractivity contribution in [3.05, 3.63) is 35.1 Å². The molecule has 0 unspecified atom stereocenters. The third-order valence-corrected chi connectivity index (χ3v) is 3.51. The highest BCUT2D eigenvalue weighted by Crippen LogP contribution is 2.19. The van der Waals surface area contributed by atoms with Crippen LogP contribution in [-0.2, 0) is 13.0 Å². The summed E-state index contributed by atoms with van der Waals surface area (Å²) in [5.41, 5.74) is 6.38. The Hall–Kier alpha value is -2.15. The molecule has 2 heterocycles. The normalized spacial score (nSPS) is 11.0. The van der Waals surface area contributed by atoms with Gasteiger partial charge in [-0.2, -0.15) is 9.61 Å². The lowest BCUT2D eigenvalue weighted by molar-refractivity contribution is 0.304.